The highest BCUT2D eigenvalue weighted by atomic mass is 35.5. The number of halogens is 1. The van der Waals surface area contributed by atoms with Crippen LogP contribution >= 0.6 is 11.6 Å². The van der Waals surface area contributed by atoms with Crippen LogP contribution < -0.4 is 10.4 Å². The molecule has 1 atom stereocenters. The molecule has 0 amide bonds. The van der Waals surface area contributed by atoms with Crippen molar-refractivity contribution in [3.63, 3.8) is 0 Å². The molecule has 4 rings (SSSR count). The third-order valence-electron chi connectivity index (χ3n) is 4.50. The Labute approximate surface area is 132 Å². The van der Waals surface area contributed by atoms with Gasteiger partial charge in [-0.25, -0.2) is 9.36 Å². The summed E-state index contributed by atoms with van der Waals surface area (Å²) in [6, 6.07) is 3.51. The highest BCUT2D eigenvalue weighted by molar-refractivity contribution is 6.32. The minimum Gasteiger partial charge on any atom is -0.493 e. The van der Waals surface area contributed by atoms with Gasteiger partial charge >= 0.3 is 5.69 Å². The number of nitrogens with zero attached hydrogens (tertiary/aromatic N) is 2. The van der Waals surface area contributed by atoms with E-state index in [0.29, 0.717) is 29.4 Å². The van der Waals surface area contributed by atoms with Gasteiger partial charge in [0, 0.05) is 18.5 Å². The summed E-state index contributed by atoms with van der Waals surface area (Å²) in [5.74, 6) is 0.677. The number of ether oxygens (including phenoxy) is 1. The van der Waals surface area contributed by atoms with Gasteiger partial charge < -0.3 is 9.84 Å². The summed E-state index contributed by atoms with van der Waals surface area (Å²) in [5.41, 5.74) is 2.11. The van der Waals surface area contributed by atoms with Crippen molar-refractivity contribution in [3.8, 4) is 17.3 Å². The minimum absolute atomic E-state index is 0.0173. The molecule has 1 N–H and O–H groups in total. The summed E-state index contributed by atoms with van der Waals surface area (Å²) in [7, 11) is 0. The van der Waals surface area contributed by atoms with Crippen LogP contribution in [0.5, 0.6) is 11.6 Å². The van der Waals surface area contributed by atoms with Crippen molar-refractivity contribution < 1.29 is 9.84 Å². The summed E-state index contributed by atoms with van der Waals surface area (Å²) in [4.78, 5) is 12.7. The van der Waals surface area contributed by atoms with E-state index in [1.165, 1.54) is 4.57 Å². The molecule has 0 radical (unpaired) electrons. The summed E-state index contributed by atoms with van der Waals surface area (Å²) in [6.45, 7) is 2.63. The fraction of sp³-hybridized carbons (Fsp3) is 0.438. The van der Waals surface area contributed by atoms with Gasteiger partial charge in [0.2, 0.25) is 5.88 Å². The largest absolute Gasteiger partial charge is 0.493 e. The first-order valence-corrected chi connectivity index (χ1v) is 7.97. The Bertz CT molecular complexity index is 822. The van der Waals surface area contributed by atoms with Crippen molar-refractivity contribution in [2.75, 3.05) is 0 Å². The highest BCUT2D eigenvalue weighted by Crippen LogP contribution is 2.40. The smallest absolute Gasteiger partial charge is 0.335 e. The maximum atomic E-state index is 12.7. The lowest BCUT2D eigenvalue weighted by Gasteiger charge is -2.12. The first-order valence-electron chi connectivity index (χ1n) is 7.59. The Kier molecular flexibility index (Phi) is 3.01. The molecule has 0 aliphatic carbocycles. The van der Waals surface area contributed by atoms with Gasteiger partial charge in [0.05, 0.1) is 16.4 Å². The molecule has 1 aromatic heterocycles. The number of benzene rings is 1. The third kappa shape index (κ3) is 1.81. The second-order valence-corrected chi connectivity index (χ2v) is 6.41. The number of imidazole rings is 1. The van der Waals surface area contributed by atoms with Gasteiger partial charge in [0.1, 0.15) is 11.9 Å². The predicted octanol–water partition coefficient (Wildman–Crippen LogP) is 2.66. The molecule has 5 nitrogen and oxygen atoms in total. The van der Waals surface area contributed by atoms with Crippen LogP contribution in [0.2, 0.25) is 5.02 Å². The van der Waals surface area contributed by atoms with Gasteiger partial charge in [0.25, 0.3) is 0 Å². The van der Waals surface area contributed by atoms with E-state index < -0.39 is 0 Å². The average Bonchev–Trinajstić information content (AvgIpc) is 3.02. The molecule has 0 spiro atoms. The number of aromatic hydroxyl groups is 1. The minimum atomic E-state index is -0.184. The van der Waals surface area contributed by atoms with Crippen molar-refractivity contribution in [2.24, 2.45) is 0 Å². The van der Waals surface area contributed by atoms with E-state index >= 15 is 0 Å². The summed E-state index contributed by atoms with van der Waals surface area (Å²) in [5, 5.41) is 11.1. The molecular formula is C16H17ClN2O3. The molecule has 116 valence electrons. The molecule has 3 heterocycles. The monoisotopic (exact) mass is 320 g/mol. The molecule has 2 aliphatic heterocycles. The standard InChI is InChI=1S/C16H17ClN2O3/c1-9-8-10-12(6-5-11(17)14(10)22-9)19-15(20)13-4-2-3-7-18(13)16(19)21/h5-6,9,20H,2-4,7-8H2,1H3. The molecule has 22 heavy (non-hydrogen) atoms. The van der Waals surface area contributed by atoms with Crippen LogP contribution in [0.3, 0.4) is 0 Å². The van der Waals surface area contributed by atoms with Crippen molar-refractivity contribution >= 4 is 11.6 Å². The van der Waals surface area contributed by atoms with Crippen LogP contribution in [-0.4, -0.2) is 20.3 Å². The summed E-state index contributed by atoms with van der Waals surface area (Å²) >= 11 is 6.19. The van der Waals surface area contributed by atoms with Crippen molar-refractivity contribution in [1.82, 2.24) is 9.13 Å². The van der Waals surface area contributed by atoms with Gasteiger partial charge in [0.15, 0.2) is 0 Å². The fourth-order valence-electron chi connectivity index (χ4n) is 3.49. The summed E-state index contributed by atoms with van der Waals surface area (Å²) < 4.78 is 8.83. The Hall–Kier alpha value is -1.88. The molecule has 0 saturated carbocycles. The lowest BCUT2D eigenvalue weighted by molar-refractivity contribution is 0.255. The zero-order chi connectivity index (χ0) is 15.4. The Morgan fingerprint density at radius 2 is 2.18 bits per heavy atom. The fourth-order valence-corrected chi connectivity index (χ4v) is 3.71. The van der Waals surface area contributed by atoms with E-state index in [4.69, 9.17) is 16.3 Å². The van der Waals surface area contributed by atoms with Gasteiger partial charge in [-0.2, -0.15) is 0 Å². The molecule has 0 saturated heterocycles. The van der Waals surface area contributed by atoms with Crippen LogP contribution in [-0.2, 0) is 19.4 Å². The topological polar surface area (TPSA) is 56.4 Å². The Balaban J connectivity index is 1.97. The number of rotatable bonds is 1. The zero-order valence-electron chi connectivity index (χ0n) is 12.3. The maximum absolute atomic E-state index is 12.7. The number of aromatic nitrogens is 2. The number of hydrogen-bond acceptors (Lipinski definition) is 3. The SMILES string of the molecule is CC1Cc2c(-n3c(O)c4n(c3=O)CCCC4)ccc(Cl)c2O1. The van der Waals surface area contributed by atoms with Crippen LogP contribution in [0.25, 0.3) is 5.69 Å². The first-order chi connectivity index (χ1) is 10.6. The van der Waals surface area contributed by atoms with Crippen LogP contribution in [0.15, 0.2) is 16.9 Å². The van der Waals surface area contributed by atoms with Crippen LogP contribution in [0, 0.1) is 0 Å². The molecule has 2 aromatic rings. The lowest BCUT2D eigenvalue weighted by Crippen LogP contribution is -2.26. The first kappa shape index (κ1) is 13.8. The molecule has 2 aliphatic rings. The second kappa shape index (κ2) is 4.81. The molecule has 1 unspecified atom stereocenters. The van der Waals surface area contributed by atoms with E-state index in [1.807, 2.05) is 6.92 Å². The van der Waals surface area contributed by atoms with Gasteiger partial charge in [-0.15, -0.1) is 0 Å². The lowest BCUT2D eigenvalue weighted by atomic mass is 10.1. The Morgan fingerprint density at radius 3 is 2.95 bits per heavy atom. The highest BCUT2D eigenvalue weighted by Gasteiger charge is 2.29. The van der Waals surface area contributed by atoms with E-state index in [2.05, 4.69) is 0 Å². The summed E-state index contributed by atoms with van der Waals surface area (Å²) in [6.07, 6.45) is 3.39. The normalized spacial score (nSPS) is 19.6. The average molecular weight is 321 g/mol. The van der Waals surface area contributed by atoms with Crippen LogP contribution in [0.4, 0.5) is 0 Å². The molecule has 1 aromatic carbocycles. The third-order valence-corrected chi connectivity index (χ3v) is 4.80. The maximum Gasteiger partial charge on any atom is 0.335 e. The van der Waals surface area contributed by atoms with Gasteiger partial charge in [-0.1, -0.05) is 11.6 Å². The van der Waals surface area contributed by atoms with Gasteiger partial charge in [-0.05, 0) is 38.3 Å². The Morgan fingerprint density at radius 1 is 1.36 bits per heavy atom. The number of fused-ring (bicyclic) bond motifs is 2. The van der Waals surface area contributed by atoms with E-state index in [-0.39, 0.29) is 17.7 Å². The van der Waals surface area contributed by atoms with Gasteiger partial charge in [-0.3, -0.25) is 4.57 Å². The van der Waals surface area contributed by atoms with Crippen molar-refractivity contribution in [2.45, 2.75) is 45.3 Å². The van der Waals surface area contributed by atoms with Crippen LogP contribution in [0.1, 0.15) is 31.0 Å². The second-order valence-electron chi connectivity index (χ2n) is 6.00. The predicted molar refractivity (Wildman–Crippen MR) is 83.4 cm³/mol. The van der Waals surface area contributed by atoms with E-state index in [9.17, 15) is 9.90 Å². The molecule has 0 bridgehead atoms. The number of hydrogen-bond donors (Lipinski definition) is 1. The van der Waals surface area contributed by atoms with E-state index in [1.54, 1.807) is 16.7 Å². The molecule has 6 heteroatoms. The zero-order valence-corrected chi connectivity index (χ0v) is 13.1. The quantitative estimate of drug-likeness (QED) is 0.879. The van der Waals surface area contributed by atoms with E-state index in [0.717, 1.165) is 30.5 Å². The van der Waals surface area contributed by atoms with Crippen molar-refractivity contribution in [1.29, 1.82) is 0 Å². The molecular weight excluding hydrogens is 304 g/mol. The molecule has 0 fully saturated rings. The van der Waals surface area contributed by atoms with Crippen molar-refractivity contribution in [3.05, 3.63) is 38.9 Å².